The maximum absolute atomic E-state index is 12.9. The molecule has 0 aliphatic heterocycles. The molecule has 5 rings (SSSR count). The summed E-state index contributed by atoms with van der Waals surface area (Å²) < 4.78 is 9.03. The fraction of sp³-hybridized carbons (Fsp3) is 0.188. The molecule has 0 saturated heterocycles. The maximum Gasteiger partial charge on any atom is 0.291 e. The number of thiazole rings is 1. The van der Waals surface area contributed by atoms with Gasteiger partial charge in [0.25, 0.3) is 5.56 Å². The van der Waals surface area contributed by atoms with Crippen molar-refractivity contribution in [3.63, 3.8) is 0 Å². The number of fused-ring (bicyclic) bond motifs is 3. The Morgan fingerprint density at radius 3 is 3.04 bits per heavy atom. The van der Waals surface area contributed by atoms with Gasteiger partial charge in [-0.1, -0.05) is 0 Å². The molecule has 0 atom stereocenters. The molecule has 0 unspecified atom stereocenters. The number of H-pyrrole nitrogens is 1. The van der Waals surface area contributed by atoms with Crippen molar-refractivity contribution in [1.29, 1.82) is 0 Å². The van der Waals surface area contributed by atoms with E-state index in [0.29, 0.717) is 17.6 Å². The highest BCUT2D eigenvalue weighted by Crippen LogP contribution is 2.31. The van der Waals surface area contributed by atoms with Crippen molar-refractivity contribution in [1.82, 2.24) is 34.5 Å². The molecule has 0 fully saturated rings. The molecule has 0 bridgehead atoms. The minimum Gasteiger partial charge on any atom is -0.432 e. The summed E-state index contributed by atoms with van der Waals surface area (Å²) in [5.74, 6) is 0. The third kappa shape index (κ3) is 2.56. The Kier molecular flexibility index (Phi) is 3.62. The van der Waals surface area contributed by atoms with Crippen LogP contribution in [-0.4, -0.2) is 34.5 Å². The summed E-state index contributed by atoms with van der Waals surface area (Å²) in [7, 11) is 1.83. The van der Waals surface area contributed by atoms with E-state index in [1.807, 2.05) is 13.1 Å². The molecule has 0 spiro atoms. The number of hydrogen-bond acceptors (Lipinski definition) is 7. The van der Waals surface area contributed by atoms with Crippen LogP contribution >= 0.6 is 22.9 Å². The van der Waals surface area contributed by atoms with E-state index in [9.17, 15) is 4.79 Å². The van der Waals surface area contributed by atoms with Gasteiger partial charge in [-0.15, -0.1) is 11.3 Å². The van der Waals surface area contributed by atoms with Gasteiger partial charge in [0, 0.05) is 25.1 Å². The lowest BCUT2D eigenvalue weighted by molar-refractivity contribution is 0.555. The van der Waals surface area contributed by atoms with Gasteiger partial charge in [0.1, 0.15) is 16.2 Å². The standard InChI is InChI=1S/C16H12ClN7O2S/c1-23-12-9(5-20-24(16(12)25)6-10-14(17)26-7-18-10)13-15(23)21-11(27-13)4-8-2-3-19-22-8/h2-3,5,7H,4,6H2,1H3,(H,19,22). The first-order chi connectivity index (χ1) is 13.1. The van der Waals surface area contributed by atoms with Gasteiger partial charge < -0.3 is 8.98 Å². The smallest absolute Gasteiger partial charge is 0.291 e. The predicted octanol–water partition coefficient (Wildman–Crippen LogP) is 2.35. The molecule has 11 heteroatoms. The van der Waals surface area contributed by atoms with Crippen LogP contribution in [-0.2, 0) is 20.0 Å². The van der Waals surface area contributed by atoms with E-state index in [1.165, 1.54) is 11.1 Å². The predicted molar refractivity (Wildman–Crippen MR) is 100 cm³/mol. The second kappa shape index (κ2) is 6.03. The zero-order valence-electron chi connectivity index (χ0n) is 14.0. The molecule has 5 aromatic rings. The van der Waals surface area contributed by atoms with E-state index < -0.39 is 0 Å². The zero-order chi connectivity index (χ0) is 18.5. The molecule has 5 aromatic heterocycles. The van der Waals surface area contributed by atoms with Crippen molar-refractivity contribution in [2.45, 2.75) is 13.0 Å². The van der Waals surface area contributed by atoms with Crippen LogP contribution < -0.4 is 5.56 Å². The minimum absolute atomic E-state index is 0.140. The van der Waals surface area contributed by atoms with Crippen molar-refractivity contribution in [2.75, 3.05) is 0 Å². The number of nitrogens with zero attached hydrogens (tertiary/aromatic N) is 6. The second-order valence-corrected chi connectivity index (χ2v) is 7.43. The van der Waals surface area contributed by atoms with Crippen LogP contribution in [0, 0.1) is 0 Å². The van der Waals surface area contributed by atoms with Gasteiger partial charge in [0.2, 0.25) is 5.22 Å². The SMILES string of the molecule is Cn1c2nc(Cc3cc[nH]n3)sc2c2cnn(Cc3ncoc3Cl)c(=O)c21. The second-order valence-electron chi connectivity index (χ2n) is 6.00. The molecule has 0 aliphatic rings. The van der Waals surface area contributed by atoms with Crippen LogP contribution in [0.2, 0.25) is 5.22 Å². The van der Waals surface area contributed by atoms with Crippen molar-refractivity contribution in [3.05, 3.63) is 56.8 Å². The molecule has 0 aromatic carbocycles. The van der Waals surface area contributed by atoms with Gasteiger partial charge in [-0.2, -0.15) is 10.2 Å². The number of aromatic nitrogens is 7. The molecule has 0 aliphatic carbocycles. The van der Waals surface area contributed by atoms with Gasteiger partial charge in [-0.25, -0.2) is 14.6 Å². The fourth-order valence-corrected chi connectivity index (χ4v) is 4.33. The quantitative estimate of drug-likeness (QED) is 0.495. The highest BCUT2D eigenvalue weighted by Gasteiger charge is 2.19. The lowest BCUT2D eigenvalue weighted by Gasteiger charge is -2.03. The van der Waals surface area contributed by atoms with Crippen LogP contribution in [0.1, 0.15) is 16.4 Å². The van der Waals surface area contributed by atoms with E-state index >= 15 is 0 Å². The minimum atomic E-state index is -0.229. The molecule has 9 nitrogen and oxygen atoms in total. The highest BCUT2D eigenvalue weighted by atomic mass is 35.5. The summed E-state index contributed by atoms with van der Waals surface area (Å²) in [6, 6.07) is 1.92. The maximum atomic E-state index is 12.9. The van der Waals surface area contributed by atoms with E-state index in [1.54, 1.807) is 28.3 Å². The Morgan fingerprint density at radius 1 is 1.41 bits per heavy atom. The van der Waals surface area contributed by atoms with Gasteiger partial charge in [-0.05, 0) is 17.7 Å². The Hall–Kier alpha value is -2.98. The van der Waals surface area contributed by atoms with Crippen LogP contribution in [0.15, 0.2) is 34.1 Å². The van der Waals surface area contributed by atoms with Crippen molar-refractivity contribution < 1.29 is 4.42 Å². The lowest BCUT2D eigenvalue weighted by atomic mass is 10.3. The van der Waals surface area contributed by atoms with Gasteiger partial charge in [-0.3, -0.25) is 9.89 Å². The number of aryl methyl sites for hydroxylation is 1. The fourth-order valence-electron chi connectivity index (χ4n) is 3.06. The third-order valence-corrected chi connectivity index (χ3v) is 5.74. The van der Waals surface area contributed by atoms with E-state index in [-0.39, 0.29) is 17.3 Å². The van der Waals surface area contributed by atoms with Crippen molar-refractivity contribution in [2.24, 2.45) is 7.05 Å². The summed E-state index contributed by atoms with van der Waals surface area (Å²) in [4.78, 5) is 21.6. The molecular weight excluding hydrogens is 390 g/mol. The first-order valence-electron chi connectivity index (χ1n) is 8.02. The van der Waals surface area contributed by atoms with Gasteiger partial charge in [0.05, 0.1) is 23.1 Å². The molecule has 0 amide bonds. The van der Waals surface area contributed by atoms with Gasteiger partial charge in [0.15, 0.2) is 12.0 Å². The zero-order valence-corrected chi connectivity index (χ0v) is 15.6. The Labute approximate surface area is 160 Å². The summed E-state index contributed by atoms with van der Waals surface area (Å²) in [5, 5.41) is 13.1. The van der Waals surface area contributed by atoms with Crippen LogP contribution in [0.4, 0.5) is 0 Å². The summed E-state index contributed by atoms with van der Waals surface area (Å²) in [6.45, 7) is 0.140. The average molecular weight is 402 g/mol. The Morgan fingerprint density at radius 2 is 2.30 bits per heavy atom. The van der Waals surface area contributed by atoms with Crippen molar-refractivity contribution >= 4 is 44.2 Å². The molecule has 1 N–H and O–H groups in total. The van der Waals surface area contributed by atoms with Crippen molar-refractivity contribution in [3.8, 4) is 0 Å². The highest BCUT2D eigenvalue weighted by molar-refractivity contribution is 7.19. The van der Waals surface area contributed by atoms with Crippen LogP contribution in [0.5, 0.6) is 0 Å². The van der Waals surface area contributed by atoms with Crippen LogP contribution in [0.3, 0.4) is 0 Å². The molecular formula is C16H12ClN7O2S. The lowest BCUT2D eigenvalue weighted by Crippen LogP contribution is -2.24. The first kappa shape index (κ1) is 16.2. The number of hydrogen-bond donors (Lipinski definition) is 1. The number of aromatic amines is 1. The first-order valence-corrected chi connectivity index (χ1v) is 9.21. The monoisotopic (exact) mass is 401 g/mol. The van der Waals surface area contributed by atoms with E-state index in [0.717, 1.165) is 26.4 Å². The van der Waals surface area contributed by atoms with Crippen LogP contribution in [0.25, 0.3) is 21.3 Å². The normalized spacial score (nSPS) is 11.8. The molecule has 0 saturated carbocycles. The summed E-state index contributed by atoms with van der Waals surface area (Å²) in [5.41, 5.74) is 2.46. The third-order valence-electron chi connectivity index (χ3n) is 4.35. The van der Waals surface area contributed by atoms with Gasteiger partial charge >= 0.3 is 0 Å². The molecule has 5 heterocycles. The summed E-state index contributed by atoms with van der Waals surface area (Å²) >= 11 is 7.47. The largest absolute Gasteiger partial charge is 0.432 e. The molecule has 27 heavy (non-hydrogen) atoms. The molecule has 136 valence electrons. The topological polar surface area (TPSA) is 107 Å². The number of oxazole rings is 1. The summed E-state index contributed by atoms with van der Waals surface area (Å²) in [6.07, 6.45) is 5.35. The molecule has 0 radical (unpaired) electrons. The Bertz CT molecular complexity index is 1330. The Balaban J connectivity index is 1.61. The number of rotatable bonds is 4. The van der Waals surface area contributed by atoms with E-state index in [4.69, 9.17) is 16.0 Å². The number of halogens is 1. The average Bonchev–Trinajstić information content (AvgIpc) is 3.41. The van der Waals surface area contributed by atoms with E-state index in [2.05, 4.69) is 25.3 Å². The number of nitrogens with one attached hydrogen (secondary N) is 1.